The van der Waals surface area contributed by atoms with Gasteiger partial charge in [-0.25, -0.2) is 0 Å². The van der Waals surface area contributed by atoms with Crippen LogP contribution in [0.5, 0.6) is 0 Å². The van der Waals surface area contributed by atoms with E-state index in [9.17, 15) is 23.7 Å². The third kappa shape index (κ3) is 3.84. The van der Waals surface area contributed by atoms with Gasteiger partial charge in [-0.1, -0.05) is 19.9 Å². The van der Waals surface area contributed by atoms with E-state index < -0.39 is 23.4 Å². The number of nitrogens with zero attached hydrogens (tertiary/aromatic N) is 3. The Morgan fingerprint density at radius 2 is 1.86 bits per heavy atom. The van der Waals surface area contributed by atoms with Gasteiger partial charge >= 0.3 is 6.18 Å². The molecule has 1 aromatic heterocycles. The summed E-state index contributed by atoms with van der Waals surface area (Å²) in [4.78, 5) is 0. The van der Waals surface area contributed by atoms with Crippen molar-refractivity contribution in [2.75, 3.05) is 0 Å². The number of halogens is 3. The smallest absolute Gasteiger partial charge is 0.353 e. The van der Waals surface area contributed by atoms with Crippen molar-refractivity contribution in [1.82, 2.24) is 15.5 Å². The standard InChI is InChI=1S/C21H20F3N5/c1-11(2)4-6-17-15(9-25)19(16(10-26)20(27-17)21(22,23)24)13-5-7-18-14(8-13)12(3)28-29-18/h5,7-8,11,19,27H,4,6H2,1-3H3,(H,28,29). The molecule has 3 rings (SSSR count). The van der Waals surface area contributed by atoms with Crippen LogP contribution >= 0.6 is 0 Å². The molecule has 1 unspecified atom stereocenters. The summed E-state index contributed by atoms with van der Waals surface area (Å²) in [7, 11) is 0. The molecular formula is C21H20F3N5. The van der Waals surface area contributed by atoms with Crippen LogP contribution < -0.4 is 5.32 Å². The number of benzene rings is 1. The number of nitrogens with one attached hydrogen (secondary N) is 2. The molecule has 1 aliphatic heterocycles. The van der Waals surface area contributed by atoms with E-state index in [1.165, 1.54) is 0 Å². The molecule has 1 atom stereocenters. The van der Waals surface area contributed by atoms with Gasteiger partial charge in [0.1, 0.15) is 5.70 Å². The Hall–Kier alpha value is -3.26. The first-order valence-corrected chi connectivity index (χ1v) is 9.23. The van der Waals surface area contributed by atoms with E-state index in [4.69, 9.17) is 0 Å². The van der Waals surface area contributed by atoms with Gasteiger partial charge in [-0.3, -0.25) is 5.10 Å². The monoisotopic (exact) mass is 399 g/mol. The van der Waals surface area contributed by atoms with Gasteiger partial charge in [0, 0.05) is 11.1 Å². The fourth-order valence-corrected chi connectivity index (χ4v) is 3.53. The number of fused-ring (bicyclic) bond motifs is 1. The zero-order valence-corrected chi connectivity index (χ0v) is 16.3. The first-order valence-electron chi connectivity index (χ1n) is 9.23. The van der Waals surface area contributed by atoms with Crippen molar-refractivity contribution < 1.29 is 13.2 Å². The second kappa shape index (κ2) is 7.63. The van der Waals surface area contributed by atoms with Crippen LogP contribution in [0.4, 0.5) is 13.2 Å². The highest BCUT2D eigenvalue weighted by Crippen LogP contribution is 2.43. The minimum atomic E-state index is -4.73. The maximum atomic E-state index is 13.7. The van der Waals surface area contributed by atoms with Crippen LogP contribution in [-0.2, 0) is 0 Å². The Kier molecular flexibility index (Phi) is 5.39. The zero-order valence-electron chi connectivity index (χ0n) is 16.3. The number of hydrogen-bond donors (Lipinski definition) is 2. The minimum absolute atomic E-state index is 0.149. The Labute approximate surface area is 166 Å². The van der Waals surface area contributed by atoms with E-state index in [0.717, 1.165) is 10.9 Å². The number of nitriles is 2. The van der Waals surface area contributed by atoms with Gasteiger partial charge in [-0.2, -0.15) is 28.8 Å². The molecule has 0 fully saturated rings. The molecule has 0 radical (unpaired) electrons. The number of alkyl halides is 3. The number of dihydropyridines is 1. The fraction of sp³-hybridized carbons (Fsp3) is 0.381. The number of hydrogen-bond acceptors (Lipinski definition) is 4. The molecule has 0 spiro atoms. The molecule has 1 aromatic carbocycles. The second-order valence-electron chi connectivity index (χ2n) is 7.51. The first-order chi connectivity index (χ1) is 13.7. The van der Waals surface area contributed by atoms with Crippen molar-refractivity contribution in [3.63, 3.8) is 0 Å². The minimum Gasteiger partial charge on any atom is -0.353 e. The maximum absolute atomic E-state index is 13.7. The molecule has 0 aliphatic carbocycles. The van der Waals surface area contributed by atoms with Crippen LogP contribution in [0.3, 0.4) is 0 Å². The average Bonchev–Trinajstić information content (AvgIpc) is 3.04. The summed E-state index contributed by atoms with van der Waals surface area (Å²) in [6.07, 6.45) is -3.82. The second-order valence-corrected chi connectivity index (χ2v) is 7.51. The first kappa shape index (κ1) is 20.5. The van der Waals surface area contributed by atoms with E-state index in [1.54, 1.807) is 31.2 Å². The Morgan fingerprint density at radius 3 is 2.45 bits per heavy atom. The van der Waals surface area contributed by atoms with E-state index in [0.29, 0.717) is 24.1 Å². The van der Waals surface area contributed by atoms with Crippen molar-refractivity contribution in [3.8, 4) is 12.1 Å². The lowest BCUT2D eigenvalue weighted by molar-refractivity contribution is -0.0970. The lowest BCUT2D eigenvalue weighted by Gasteiger charge is -2.30. The van der Waals surface area contributed by atoms with Gasteiger partial charge in [0.2, 0.25) is 0 Å². The van der Waals surface area contributed by atoms with Gasteiger partial charge in [-0.15, -0.1) is 0 Å². The fourth-order valence-electron chi connectivity index (χ4n) is 3.53. The number of aryl methyl sites for hydroxylation is 1. The number of aromatic amines is 1. The van der Waals surface area contributed by atoms with E-state index in [2.05, 4.69) is 21.6 Å². The molecule has 0 saturated carbocycles. The lowest BCUT2D eigenvalue weighted by atomic mass is 9.80. The number of H-pyrrole nitrogens is 1. The Morgan fingerprint density at radius 1 is 1.17 bits per heavy atom. The normalized spacial score (nSPS) is 17.5. The Balaban J connectivity index is 2.24. The number of allylic oxidation sites excluding steroid dienone is 4. The van der Waals surface area contributed by atoms with Gasteiger partial charge in [-0.05, 0) is 43.4 Å². The highest BCUT2D eigenvalue weighted by molar-refractivity contribution is 5.82. The van der Waals surface area contributed by atoms with Crippen LogP contribution in [0.15, 0.2) is 40.7 Å². The van der Waals surface area contributed by atoms with Crippen LogP contribution in [-0.4, -0.2) is 16.4 Å². The van der Waals surface area contributed by atoms with Crippen molar-refractivity contribution in [3.05, 3.63) is 52.0 Å². The van der Waals surface area contributed by atoms with Gasteiger partial charge in [0.15, 0.2) is 0 Å². The molecule has 0 amide bonds. The van der Waals surface area contributed by atoms with E-state index in [-0.39, 0.29) is 17.2 Å². The molecule has 2 aromatic rings. The molecule has 150 valence electrons. The quantitative estimate of drug-likeness (QED) is 0.748. The zero-order chi connectivity index (χ0) is 21.3. The average molecular weight is 399 g/mol. The molecular weight excluding hydrogens is 379 g/mol. The summed E-state index contributed by atoms with van der Waals surface area (Å²) in [6, 6.07) is 8.81. The van der Waals surface area contributed by atoms with Gasteiger partial charge in [0.25, 0.3) is 0 Å². The molecule has 0 bridgehead atoms. The predicted octanol–water partition coefficient (Wildman–Crippen LogP) is 5.11. The maximum Gasteiger partial charge on any atom is 0.432 e. The van der Waals surface area contributed by atoms with Crippen molar-refractivity contribution in [2.45, 2.75) is 45.7 Å². The molecule has 8 heteroatoms. The van der Waals surface area contributed by atoms with Crippen LogP contribution in [0.25, 0.3) is 10.9 Å². The largest absolute Gasteiger partial charge is 0.432 e. The summed E-state index contributed by atoms with van der Waals surface area (Å²) in [5.41, 5.74) is 0.672. The highest BCUT2D eigenvalue weighted by Gasteiger charge is 2.43. The lowest BCUT2D eigenvalue weighted by Crippen LogP contribution is -2.34. The van der Waals surface area contributed by atoms with E-state index >= 15 is 0 Å². The number of rotatable bonds is 4. The summed E-state index contributed by atoms with van der Waals surface area (Å²) in [5.74, 6) is -0.827. The Bertz CT molecular complexity index is 1090. The molecule has 29 heavy (non-hydrogen) atoms. The predicted molar refractivity (Wildman–Crippen MR) is 102 cm³/mol. The third-order valence-electron chi connectivity index (χ3n) is 5.05. The molecule has 0 saturated heterocycles. The molecule has 2 N–H and O–H groups in total. The van der Waals surface area contributed by atoms with Crippen molar-refractivity contribution >= 4 is 10.9 Å². The summed E-state index contributed by atoms with van der Waals surface area (Å²) >= 11 is 0. The van der Waals surface area contributed by atoms with E-state index in [1.807, 2.05) is 13.8 Å². The summed E-state index contributed by atoms with van der Waals surface area (Å²) < 4.78 is 41.2. The van der Waals surface area contributed by atoms with Gasteiger partial charge in [0.05, 0.1) is 40.4 Å². The van der Waals surface area contributed by atoms with Crippen molar-refractivity contribution in [2.24, 2.45) is 5.92 Å². The van der Waals surface area contributed by atoms with Crippen molar-refractivity contribution in [1.29, 1.82) is 10.5 Å². The number of aromatic nitrogens is 2. The molecule has 1 aliphatic rings. The topological polar surface area (TPSA) is 88.3 Å². The molecule has 2 heterocycles. The summed E-state index contributed by atoms with van der Waals surface area (Å²) in [6.45, 7) is 5.70. The van der Waals surface area contributed by atoms with Crippen LogP contribution in [0.1, 0.15) is 43.9 Å². The SMILES string of the molecule is Cc1n[nH]c2ccc(C3C(C#N)=C(CCC(C)C)NC(C(F)(F)F)=C3C#N)cc12. The van der Waals surface area contributed by atoms with Gasteiger partial charge < -0.3 is 5.32 Å². The molecule has 5 nitrogen and oxygen atoms in total. The van der Waals surface area contributed by atoms with Crippen LogP contribution in [0.2, 0.25) is 0 Å². The summed E-state index contributed by atoms with van der Waals surface area (Å²) in [5, 5.41) is 29.5. The third-order valence-corrected chi connectivity index (χ3v) is 5.05. The van der Waals surface area contributed by atoms with Crippen LogP contribution in [0, 0.1) is 35.5 Å². The highest BCUT2D eigenvalue weighted by atomic mass is 19.4.